The standard InChI is InChI=1S/C17H23N5O2S/c23-25(24,21-11-5-2-6-12-21)20-15-9-10-16-18-19-17(22(16)13-15)14-7-3-1-4-8-14/h1,3-4,7-8,15,20H,2,5-6,9-13H2. The van der Waals surface area contributed by atoms with Crippen molar-refractivity contribution in [2.75, 3.05) is 13.1 Å². The van der Waals surface area contributed by atoms with E-state index in [-0.39, 0.29) is 6.04 Å². The van der Waals surface area contributed by atoms with E-state index in [0.29, 0.717) is 19.6 Å². The van der Waals surface area contributed by atoms with Gasteiger partial charge < -0.3 is 4.57 Å². The lowest BCUT2D eigenvalue weighted by atomic mass is 10.1. The number of nitrogens with one attached hydrogen (secondary N) is 1. The van der Waals surface area contributed by atoms with Crippen LogP contribution in [0.4, 0.5) is 0 Å². The number of piperidine rings is 1. The smallest absolute Gasteiger partial charge is 0.279 e. The molecular formula is C17H23N5O2S. The van der Waals surface area contributed by atoms with Crippen LogP contribution in [0.5, 0.6) is 0 Å². The van der Waals surface area contributed by atoms with Gasteiger partial charge in [-0.05, 0) is 19.3 Å². The van der Waals surface area contributed by atoms with Crippen molar-refractivity contribution in [2.24, 2.45) is 0 Å². The number of aryl methyl sites for hydroxylation is 1. The Balaban J connectivity index is 1.52. The Morgan fingerprint density at radius 3 is 2.56 bits per heavy atom. The van der Waals surface area contributed by atoms with Crippen molar-refractivity contribution in [1.29, 1.82) is 0 Å². The highest BCUT2D eigenvalue weighted by molar-refractivity contribution is 7.87. The van der Waals surface area contributed by atoms with E-state index < -0.39 is 10.2 Å². The van der Waals surface area contributed by atoms with Crippen LogP contribution in [-0.2, 0) is 23.2 Å². The third kappa shape index (κ3) is 3.47. The van der Waals surface area contributed by atoms with Gasteiger partial charge in [-0.3, -0.25) is 0 Å². The lowest BCUT2D eigenvalue weighted by Gasteiger charge is -2.30. The summed E-state index contributed by atoms with van der Waals surface area (Å²) in [5.74, 6) is 1.73. The molecule has 1 N–H and O–H groups in total. The summed E-state index contributed by atoms with van der Waals surface area (Å²) in [6.07, 6.45) is 4.48. The minimum Gasteiger partial charge on any atom is -0.309 e. The minimum absolute atomic E-state index is 0.127. The zero-order valence-corrected chi connectivity index (χ0v) is 15.0. The summed E-state index contributed by atoms with van der Waals surface area (Å²) >= 11 is 0. The predicted molar refractivity (Wildman–Crippen MR) is 95.0 cm³/mol. The second kappa shape index (κ2) is 6.86. The molecule has 0 radical (unpaired) electrons. The Labute approximate surface area is 148 Å². The number of nitrogens with zero attached hydrogens (tertiary/aromatic N) is 4. The van der Waals surface area contributed by atoms with Gasteiger partial charge in [-0.1, -0.05) is 36.8 Å². The molecule has 7 nitrogen and oxygen atoms in total. The van der Waals surface area contributed by atoms with Crippen LogP contribution in [0.25, 0.3) is 11.4 Å². The highest BCUT2D eigenvalue weighted by Gasteiger charge is 2.30. The van der Waals surface area contributed by atoms with Crippen LogP contribution >= 0.6 is 0 Å². The van der Waals surface area contributed by atoms with Crippen molar-refractivity contribution >= 4 is 10.2 Å². The Morgan fingerprint density at radius 1 is 1.04 bits per heavy atom. The van der Waals surface area contributed by atoms with Crippen LogP contribution in [0.2, 0.25) is 0 Å². The van der Waals surface area contributed by atoms with Gasteiger partial charge in [0, 0.05) is 37.7 Å². The monoisotopic (exact) mass is 361 g/mol. The molecule has 0 saturated carbocycles. The Bertz CT molecular complexity index is 828. The third-order valence-electron chi connectivity index (χ3n) is 4.95. The van der Waals surface area contributed by atoms with E-state index >= 15 is 0 Å². The van der Waals surface area contributed by atoms with Crippen molar-refractivity contribution in [1.82, 2.24) is 23.8 Å². The molecule has 1 aromatic carbocycles. The largest absolute Gasteiger partial charge is 0.309 e. The number of hydrogen-bond acceptors (Lipinski definition) is 4. The molecule has 1 aromatic heterocycles. The zero-order chi connectivity index (χ0) is 17.3. The quantitative estimate of drug-likeness (QED) is 0.897. The Hall–Kier alpha value is -1.77. The second-order valence-corrected chi connectivity index (χ2v) is 8.44. The molecule has 4 rings (SSSR count). The minimum atomic E-state index is -3.42. The molecule has 25 heavy (non-hydrogen) atoms. The van der Waals surface area contributed by atoms with Gasteiger partial charge >= 0.3 is 0 Å². The van der Waals surface area contributed by atoms with Gasteiger partial charge in [0.05, 0.1) is 0 Å². The van der Waals surface area contributed by atoms with Gasteiger partial charge in [-0.15, -0.1) is 10.2 Å². The lowest BCUT2D eigenvalue weighted by molar-refractivity contribution is 0.331. The summed E-state index contributed by atoms with van der Waals surface area (Å²) in [4.78, 5) is 0. The van der Waals surface area contributed by atoms with Crippen molar-refractivity contribution in [3.63, 3.8) is 0 Å². The van der Waals surface area contributed by atoms with E-state index in [2.05, 4.69) is 14.9 Å². The summed E-state index contributed by atoms with van der Waals surface area (Å²) in [5, 5.41) is 8.59. The first kappa shape index (κ1) is 16.7. The maximum atomic E-state index is 12.6. The van der Waals surface area contributed by atoms with Crippen molar-refractivity contribution in [2.45, 2.75) is 44.7 Å². The maximum Gasteiger partial charge on any atom is 0.279 e. The van der Waals surface area contributed by atoms with E-state index in [1.54, 1.807) is 4.31 Å². The normalized spacial score (nSPS) is 21.8. The average Bonchev–Trinajstić information content (AvgIpc) is 3.06. The Kier molecular flexibility index (Phi) is 4.58. The summed E-state index contributed by atoms with van der Waals surface area (Å²) in [6, 6.07) is 9.77. The fourth-order valence-electron chi connectivity index (χ4n) is 3.61. The number of rotatable bonds is 4. The van der Waals surface area contributed by atoms with Gasteiger partial charge in [0.1, 0.15) is 5.82 Å². The maximum absolute atomic E-state index is 12.6. The molecule has 1 fully saturated rings. The Morgan fingerprint density at radius 2 is 1.80 bits per heavy atom. The number of benzene rings is 1. The number of fused-ring (bicyclic) bond motifs is 1. The molecular weight excluding hydrogens is 338 g/mol. The van der Waals surface area contributed by atoms with Gasteiger partial charge in [-0.2, -0.15) is 17.4 Å². The fraction of sp³-hybridized carbons (Fsp3) is 0.529. The summed E-state index contributed by atoms with van der Waals surface area (Å²) in [7, 11) is -3.42. The SMILES string of the molecule is O=S(=O)(NC1CCc2nnc(-c3ccccc3)n2C1)N1CCCCC1. The molecule has 0 amide bonds. The van der Waals surface area contributed by atoms with Crippen molar-refractivity contribution < 1.29 is 8.42 Å². The van der Waals surface area contributed by atoms with Crippen LogP contribution < -0.4 is 4.72 Å². The van der Waals surface area contributed by atoms with Gasteiger partial charge in [-0.25, -0.2) is 0 Å². The van der Waals surface area contributed by atoms with E-state index in [1.807, 2.05) is 34.9 Å². The van der Waals surface area contributed by atoms with Crippen molar-refractivity contribution in [3.8, 4) is 11.4 Å². The summed E-state index contributed by atoms with van der Waals surface area (Å²) < 4.78 is 31.8. The van der Waals surface area contributed by atoms with E-state index in [4.69, 9.17) is 0 Å². The molecule has 0 aliphatic carbocycles. The topological polar surface area (TPSA) is 80.1 Å². The highest BCUT2D eigenvalue weighted by Crippen LogP contribution is 2.23. The van der Waals surface area contributed by atoms with Gasteiger partial charge in [0.25, 0.3) is 10.2 Å². The van der Waals surface area contributed by atoms with E-state index in [1.165, 1.54) is 0 Å². The molecule has 1 atom stereocenters. The number of hydrogen-bond donors (Lipinski definition) is 1. The van der Waals surface area contributed by atoms with Crippen LogP contribution in [0.1, 0.15) is 31.5 Å². The first-order chi connectivity index (χ1) is 12.1. The highest BCUT2D eigenvalue weighted by atomic mass is 32.2. The molecule has 8 heteroatoms. The molecule has 0 bridgehead atoms. The summed E-state index contributed by atoms with van der Waals surface area (Å²) in [6.45, 7) is 1.81. The molecule has 134 valence electrons. The van der Waals surface area contributed by atoms with E-state index in [0.717, 1.165) is 49.3 Å². The fourth-order valence-corrected chi connectivity index (χ4v) is 5.12. The molecule has 1 saturated heterocycles. The first-order valence-electron chi connectivity index (χ1n) is 8.88. The lowest BCUT2D eigenvalue weighted by Crippen LogP contribution is -2.49. The van der Waals surface area contributed by atoms with Gasteiger partial charge in [0.15, 0.2) is 5.82 Å². The molecule has 2 aliphatic heterocycles. The van der Waals surface area contributed by atoms with Crippen molar-refractivity contribution in [3.05, 3.63) is 36.2 Å². The molecule has 1 unspecified atom stereocenters. The van der Waals surface area contributed by atoms with Crippen LogP contribution in [0.3, 0.4) is 0 Å². The number of aromatic nitrogens is 3. The predicted octanol–water partition coefficient (Wildman–Crippen LogP) is 1.58. The second-order valence-electron chi connectivity index (χ2n) is 6.73. The summed E-state index contributed by atoms with van der Waals surface area (Å²) in [5.41, 5.74) is 1.00. The molecule has 3 heterocycles. The average molecular weight is 361 g/mol. The van der Waals surface area contributed by atoms with Crippen LogP contribution in [-0.4, -0.2) is 46.6 Å². The van der Waals surface area contributed by atoms with Gasteiger partial charge in [0.2, 0.25) is 0 Å². The molecule has 2 aromatic rings. The first-order valence-corrected chi connectivity index (χ1v) is 10.3. The molecule has 0 spiro atoms. The molecule has 2 aliphatic rings. The third-order valence-corrected chi connectivity index (χ3v) is 6.63. The zero-order valence-electron chi connectivity index (χ0n) is 14.1. The van der Waals surface area contributed by atoms with Crippen LogP contribution in [0, 0.1) is 0 Å². The van der Waals surface area contributed by atoms with Crippen LogP contribution in [0.15, 0.2) is 30.3 Å². The van der Waals surface area contributed by atoms with E-state index in [9.17, 15) is 8.42 Å².